The Morgan fingerprint density at radius 3 is 2.80 bits per heavy atom. The fraction of sp³-hybridized carbons (Fsp3) is 0.500. The molecule has 160 valence electrons. The number of aliphatic imine (C=N–C) groups is 1. The zero-order chi connectivity index (χ0) is 20.8. The molecule has 0 saturated heterocycles. The average Bonchev–Trinajstić information content (AvgIpc) is 3.38. The van der Waals surface area contributed by atoms with Gasteiger partial charge in [-0.05, 0) is 31.4 Å². The van der Waals surface area contributed by atoms with Crippen LogP contribution in [-0.4, -0.2) is 51.2 Å². The highest BCUT2D eigenvalue weighted by atomic mass is 35.5. The van der Waals surface area contributed by atoms with Crippen LogP contribution in [0.5, 0.6) is 0 Å². The van der Waals surface area contributed by atoms with Crippen molar-refractivity contribution in [2.45, 2.75) is 51.1 Å². The van der Waals surface area contributed by atoms with Gasteiger partial charge in [0.2, 0.25) is 0 Å². The normalized spacial score (nSPS) is 18.1. The van der Waals surface area contributed by atoms with Gasteiger partial charge in [0.15, 0.2) is 17.3 Å². The molecule has 2 aromatic rings. The van der Waals surface area contributed by atoms with Crippen LogP contribution in [0.25, 0.3) is 11.5 Å². The molecule has 0 bridgehead atoms. The van der Waals surface area contributed by atoms with Gasteiger partial charge in [-0.1, -0.05) is 54.7 Å². The van der Waals surface area contributed by atoms with Crippen molar-refractivity contribution < 1.29 is 4.52 Å². The van der Waals surface area contributed by atoms with E-state index in [0.29, 0.717) is 5.89 Å². The Kier molecular flexibility index (Phi) is 6.89. The molecule has 8 heteroatoms. The molecule has 0 spiro atoms. The number of amidine groups is 1. The predicted molar refractivity (Wildman–Crippen MR) is 119 cm³/mol. The maximum Gasteiger partial charge on any atom is 0.257 e. The number of nitrogens with zero attached hydrogens (tertiary/aromatic N) is 5. The lowest BCUT2D eigenvalue weighted by atomic mass is 10.2. The number of nitrogens with one attached hydrogen (secondary N) is 1. The maximum atomic E-state index is 6.19. The molecule has 30 heavy (non-hydrogen) atoms. The van der Waals surface area contributed by atoms with Crippen molar-refractivity contribution in [3.8, 4) is 11.5 Å². The van der Waals surface area contributed by atoms with E-state index in [0.717, 1.165) is 61.9 Å². The summed E-state index contributed by atoms with van der Waals surface area (Å²) in [7, 11) is 0. The third-order valence-electron chi connectivity index (χ3n) is 5.33. The lowest BCUT2D eigenvalue weighted by molar-refractivity contribution is 0.228. The number of fused-ring (bicyclic) bond motifs is 1. The summed E-state index contributed by atoms with van der Waals surface area (Å²) < 4.78 is 5.39. The first-order chi connectivity index (χ1) is 14.7. The fourth-order valence-corrected chi connectivity index (χ4v) is 3.98. The van der Waals surface area contributed by atoms with Crippen LogP contribution in [0.4, 0.5) is 0 Å². The van der Waals surface area contributed by atoms with Crippen molar-refractivity contribution in [3.05, 3.63) is 48.1 Å². The Labute approximate surface area is 182 Å². The Morgan fingerprint density at radius 2 is 1.97 bits per heavy atom. The van der Waals surface area contributed by atoms with E-state index in [9.17, 15) is 0 Å². The summed E-state index contributed by atoms with van der Waals surface area (Å²) in [6.07, 6.45) is 8.65. The van der Waals surface area contributed by atoms with Crippen LogP contribution in [-0.2, 0) is 6.42 Å². The summed E-state index contributed by atoms with van der Waals surface area (Å²) in [4.78, 5) is 13.7. The summed E-state index contributed by atoms with van der Waals surface area (Å²) in [5.41, 5.74) is 1.62. The average molecular weight is 429 g/mol. The van der Waals surface area contributed by atoms with Crippen LogP contribution in [0, 0.1) is 0 Å². The van der Waals surface area contributed by atoms with E-state index in [2.05, 4.69) is 43.4 Å². The summed E-state index contributed by atoms with van der Waals surface area (Å²) in [6, 6.07) is 9.88. The molecular formula is C22H29ClN6O. The minimum Gasteiger partial charge on any atom is -0.358 e. The highest BCUT2D eigenvalue weighted by Crippen LogP contribution is 2.21. The van der Waals surface area contributed by atoms with Crippen molar-refractivity contribution in [2.24, 2.45) is 4.99 Å². The number of hydrogen-bond acceptors (Lipinski definition) is 7. The largest absolute Gasteiger partial charge is 0.358 e. The van der Waals surface area contributed by atoms with Crippen molar-refractivity contribution in [1.29, 1.82) is 0 Å². The van der Waals surface area contributed by atoms with Crippen LogP contribution < -0.4 is 5.32 Å². The number of halogens is 1. The molecule has 4 rings (SSSR count). The number of rotatable bonds is 10. The second-order valence-corrected chi connectivity index (χ2v) is 8.15. The molecular weight excluding hydrogens is 400 g/mol. The van der Waals surface area contributed by atoms with Gasteiger partial charge in [-0.2, -0.15) is 4.98 Å². The first-order valence-corrected chi connectivity index (χ1v) is 11.2. The lowest BCUT2D eigenvalue weighted by Crippen LogP contribution is -2.45. The van der Waals surface area contributed by atoms with Gasteiger partial charge in [-0.3, -0.25) is 0 Å². The standard InChI is InChI=1S/C22H29ClN6O/c1-2-3-8-14-29-16-28(15-18-20(29)26-22(23)24-18)13-9-7-12-19-25-21(30-27-19)17-10-5-4-6-11-17/h4-6,10-11,15,22,24H,2-3,7-9,12-14,16H2,1H3. The summed E-state index contributed by atoms with van der Waals surface area (Å²) in [5, 5.41) is 7.37. The van der Waals surface area contributed by atoms with E-state index >= 15 is 0 Å². The zero-order valence-electron chi connectivity index (χ0n) is 17.4. The van der Waals surface area contributed by atoms with Crippen LogP contribution in [0.1, 0.15) is 44.9 Å². The molecule has 0 aliphatic carbocycles. The Morgan fingerprint density at radius 1 is 1.13 bits per heavy atom. The number of hydrogen-bond donors (Lipinski definition) is 1. The first kappa shape index (κ1) is 20.7. The second-order valence-electron chi connectivity index (χ2n) is 7.74. The summed E-state index contributed by atoms with van der Waals surface area (Å²) in [6.45, 7) is 5.07. The molecule has 2 aliphatic heterocycles. The minimum atomic E-state index is -0.364. The second kappa shape index (κ2) is 9.98. The van der Waals surface area contributed by atoms with E-state index in [-0.39, 0.29) is 5.62 Å². The molecule has 1 unspecified atom stereocenters. The zero-order valence-corrected chi connectivity index (χ0v) is 18.2. The van der Waals surface area contributed by atoms with Crippen molar-refractivity contribution >= 4 is 17.4 Å². The van der Waals surface area contributed by atoms with E-state index < -0.39 is 0 Å². The van der Waals surface area contributed by atoms with E-state index in [4.69, 9.17) is 16.1 Å². The van der Waals surface area contributed by atoms with Crippen LogP contribution in [0.2, 0.25) is 0 Å². The highest BCUT2D eigenvalue weighted by Gasteiger charge is 2.29. The monoisotopic (exact) mass is 428 g/mol. The number of alkyl halides is 1. The third kappa shape index (κ3) is 5.14. The molecule has 3 heterocycles. The van der Waals surface area contributed by atoms with Crippen LogP contribution in [0.3, 0.4) is 0 Å². The van der Waals surface area contributed by atoms with Gasteiger partial charge in [0.1, 0.15) is 0 Å². The topological polar surface area (TPSA) is 69.8 Å². The molecule has 1 N–H and O–H groups in total. The number of unbranched alkanes of at least 4 members (excludes halogenated alkanes) is 3. The third-order valence-corrected chi connectivity index (χ3v) is 5.54. The lowest BCUT2D eigenvalue weighted by Gasteiger charge is -2.36. The number of aromatic nitrogens is 2. The Hall–Kier alpha value is -2.54. The molecule has 0 saturated carbocycles. The molecule has 0 radical (unpaired) electrons. The highest BCUT2D eigenvalue weighted by molar-refractivity contribution is 6.22. The van der Waals surface area contributed by atoms with Gasteiger partial charge >= 0.3 is 0 Å². The molecule has 1 aromatic carbocycles. The molecule has 1 aromatic heterocycles. The minimum absolute atomic E-state index is 0.364. The predicted octanol–water partition coefficient (Wildman–Crippen LogP) is 4.19. The van der Waals surface area contributed by atoms with Gasteiger partial charge in [-0.15, -0.1) is 0 Å². The Balaban J connectivity index is 1.27. The van der Waals surface area contributed by atoms with Gasteiger partial charge in [-0.25, -0.2) is 4.99 Å². The molecule has 7 nitrogen and oxygen atoms in total. The van der Waals surface area contributed by atoms with Crippen molar-refractivity contribution in [3.63, 3.8) is 0 Å². The molecule has 0 amide bonds. The first-order valence-electron chi connectivity index (χ1n) is 10.8. The molecule has 0 fully saturated rings. The quantitative estimate of drug-likeness (QED) is 0.347. The van der Waals surface area contributed by atoms with E-state index in [1.807, 2.05) is 30.3 Å². The van der Waals surface area contributed by atoms with Crippen LogP contribution >= 0.6 is 11.6 Å². The van der Waals surface area contributed by atoms with Gasteiger partial charge in [0.05, 0.1) is 12.4 Å². The van der Waals surface area contributed by atoms with Crippen molar-refractivity contribution in [1.82, 2.24) is 25.3 Å². The van der Waals surface area contributed by atoms with E-state index in [1.165, 1.54) is 19.3 Å². The SMILES string of the molecule is CCCCCN1CN(CCCCc2noc(-c3ccccc3)n2)C=C2NC(Cl)N=C21. The van der Waals surface area contributed by atoms with Crippen LogP contribution in [0.15, 0.2) is 51.7 Å². The Bertz CT molecular complexity index is 881. The van der Waals surface area contributed by atoms with E-state index in [1.54, 1.807) is 0 Å². The number of aryl methyl sites for hydroxylation is 1. The molecule has 2 aliphatic rings. The number of benzene rings is 1. The van der Waals surface area contributed by atoms with Gasteiger partial charge < -0.3 is 19.6 Å². The van der Waals surface area contributed by atoms with Gasteiger partial charge in [0, 0.05) is 31.3 Å². The maximum absolute atomic E-state index is 6.19. The molecule has 1 atom stereocenters. The smallest absolute Gasteiger partial charge is 0.257 e. The summed E-state index contributed by atoms with van der Waals surface area (Å²) in [5.74, 6) is 2.36. The summed E-state index contributed by atoms with van der Waals surface area (Å²) >= 11 is 6.19. The fourth-order valence-electron chi connectivity index (χ4n) is 3.77. The van der Waals surface area contributed by atoms with Crippen molar-refractivity contribution in [2.75, 3.05) is 19.8 Å². The van der Waals surface area contributed by atoms with Gasteiger partial charge in [0.25, 0.3) is 5.89 Å².